The lowest BCUT2D eigenvalue weighted by atomic mass is 10.0. The number of ketones is 1. The Morgan fingerprint density at radius 1 is 0.971 bits per heavy atom. The molecule has 0 aliphatic rings. The maximum atomic E-state index is 13.1. The van der Waals surface area contributed by atoms with E-state index in [2.05, 4.69) is 4.98 Å². The van der Waals surface area contributed by atoms with E-state index < -0.39 is 23.3 Å². The van der Waals surface area contributed by atoms with Crippen LogP contribution in [-0.2, 0) is 4.74 Å². The molecule has 0 radical (unpaired) electrons. The number of ether oxygens (including phenoxy) is 2. The van der Waals surface area contributed by atoms with Crippen LogP contribution in [0, 0.1) is 24.0 Å². The summed E-state index contributed by atoms with van der Waals surface area (Å²) in [5.74, 6) is -0.529. The maximum Gasteiger partial charge on any atom is 0.339 e. The molecule has 1 heterocycles. The maximum absolute atomic E-state index is 13.1. The molecule has 8 nitrogen and oxygen atoms in total. The molecule has 0 aliphatic carbocycles. The van der Waals surface area contributed by atoms with Gasteiger partial charge in [0.15, 0.2) is 6.61 Å². The van der Waals surface area contributed by atoms with Gasteiger partial charge in [-0.05, 0) is 56.3 Å². The molecular weight excluding hydrogens is 448 g/mol. The quantitative estimate of drug-likeness (QED) is 0.152. The normalized spacial score (nSPS) is 10.7. The first-order valence-corrected chi connectivity index (χ1v) is 10.8. The van der Waals surface area contributed by atoms with E-state index in [1.807, 2.05) is 37.3 Å². The molecule has 0 spiro atoms. The molecule has 0 amide bonds. The highest BCUT2D eigenvalue weighted by atomic mass is 16.6. The SMILES string of the molecule is COc1ccc(-c2cc(C(=O)OCC(=O)c3ccc(C)c([N+](=O)[O-])c3)c3cc(C)ccc3n2)cc1. The Labute approximate surface area is 201 Å². The third kappa shape index (κ3) is 5.01. The van der Waals surface area contributed by atoms with Crippen LogP contribution in [0.5, 0.6) is 5.75 Å². The van der Waals surface area contributed by atoms with E-state index in [1.54, 1.807) is 32.2 Å². The highest BCUT2D eigenvalue weighted by Gasteiger charge is 2.19. The van der Waals surface area contributed by atoms with Crippen molar-refractivity contribution < 1.29 is 24.0 Å². The zero-order chi connectivity index (χ0) is 25.1. The number of esters is 1. The predicted molar refractivity (Wildman–Crippen MR) is 131 cm³/mol. The van der Waals surface area contributed by atoms with Gasteiger partial charge in [0.25, 0.3) is 5.69 Å². The summed E-state index contributed by atoms with van der Waals surface area (Å²) in [7, 11) is 1.58. The number of aromatic nitrogens is 1. The van der Waals surface area contributed by atoms with Crippen molar-refractivity contribution in [2.45, 2.75) is 13.8 Å². The molecule has 0 fully saturated rings. The smallest absolute Gasteiger partial charge is 0.339 e. The standard InChI is InChI=1S/C27H22N2O6/c1-16-4-11-23-21(12-16)22(14-24(28-23)18-7-9-20(34-3)10-8-18)27(31)35-15-26(30)19-6-5-17(2)25(13-19)29(32)33/h4-14H,15H2,1-3H3. The number of nitro benzene ring substituents is 1. The van der Waals surface area contributed by atoms with Crippen LogP contribution in [0.4, 0.5) is 5.69 Å². The second-order valence-corrected chi connectivity index (χ2v) is 8.06. The first-order chi connectivity index (χ1) is 16.8. The Morgan fingerprint density at radius 3 is 2.40 bits per heavy atom. The van der Waals surface area contributed by atoms with E-state index in [9.17, 15) is 19.7 Å². The molecule has 4 rings (SSSR count). The molecule has 0 atom stereocenters. The fourth-order valence-electron chi connectivity index (χ4n) is 3.69. The van der Waals surface area contributed by atoms with Gasteiger partial charge >= 0.3 is 5.97 Å². The molecular formula is C27H22N2O6. The van der Waals surface area contributed by atoms with Crippen molar-refractivity contribution in [1.82, 2.24) is 4.98 Å². The average Bonchev–Trinajstić information content (AvgIpc) is 2.86. The summed E-state index contributed by atoms with van der Waals surface area (Å²) in [6.07, 6.45) is 0. The number of pyridine rings is 1. The van der Waals surface area contributed by atoms with Crippen molar-refractivity contribution in [3.63, 3.8) is 0 Å². The Balaban J connectivity index is 1.64. The van der Waals surface area contributed by atoms with Crippen molar-refractivity contribution in [2.75, 3.05) is 13.7 Å². The summed E-state index contributed by atoms with van der Waals surface area (Å²) < 4.78 is 10.5. The van der Waals surface area contributed by atoms with E-state index in [0.717, 1.165) is 11.1 Å². The molecule has 1 aromatic heterocycles. The lowest BCUT2D eigenvalue weighted by Crippen LogP contribution is -2.15. The number of carbonyl (C=O) groups excluding carboxylic acids is 2. The first-order valence-electron chi connectivity index (χ1n) is 10.8. The van der Waals surface area contributed by atoms with Gasteiger partial charge < -0.3 is 9.47 Å². The summed E-state index contributed by atoms with van der Waals surface area (Å²) in [5.41, 5.74) is 3.54. The summed E-state index contributed by atoms with van der Waals surface area (Å²) in [6.45, 7) is 2.94. The van der Waals surface area contributed by atoms with Gasteiger partial charge in [0.1, 0.15) is 5.75 Å². The number of methoxy groups -OCH3 is 1. The van der Waals surface area contributed by atoms with Crippen molar-refractivity contribution in [3.05, 3.63) is 99.1 Å². The number of nitrogens with zero attached hydrogens (tertiary/aromatic N) is 2. The van der Waals surface area contributed by atoms with Crippen molar-refractivity contribution >= 4 is 28.3 Å². The lowest BCUT2D eigenvalue weighted by molar-refractivity contribution is -0.385. The number of carbonyl (C=O) groups is 2. The van der Waals surface area contributed by atoms with E-state index in [-0.39, 0.29) is 16.8 Å². The van der Waals surface area contributed by atoms with Gasteiger partial charge in [-0.2, -0.15) is 0 Å². The van der Waals surface area contributed by atoms with Gasteiger partial charge in [0, 0.05) is 28.1 Å². The third-order valence-electron chi connectivity index (χ3n) is 5.63. The monoisotopic (exact) mass is 470 g/mol. The highest BCUT2D eigenvalue weighted by molar-refractivity contribution is 6.06. The molecule has 0 N–H and O–H groups in total. The van der Waals surface area contributed by atoms with Crippen LogP contribution in [0.2, 0.25) is 0 Å². The minimum atomic E-state index is -0.687. The minimum Gasteiger partial charge on any atom is -0.497 e. The Morgan fingerprint density at radius 2 is 1.71 bits per heavy atom. The molecule has 35 heavy (non-hydrogen) atoms. The van der Waals surface area contributed by atoms with Crippen LogP contribution >= 0.6 is 0 Å². The second kappa shape index (κ2) is 9.72. The number of nitro groups is 1. The van der Waals surface area contributed by atoms with E-state index in [4.69, 9.17) is 9.47 Å². The van der Waals surface area contributed by atoms with Crippen LogP contribution < -0.4 is 4.74 Å². The zero-order valence-corrected chi connectivity index (χ0v) is 19.4. The number of fused-ring (bicyclic) bond motifs is 1. The van der Waals surface area contributed by atoms with Crippen LogP contribution in [0.1, 0.15) is 31.8 Å². The van der Waals surface area contributed by atoms with E-state index in [0.29, 0.717) is 27.9 Å². The number of rotatable bonds is 7. The van der Waals surface area contributed by atoms with Crippen LogP contribution in [0.3, 0.4) is 0 Å². The lowest BCUT2D eigenvalue weighted by Gasteiger charge is -2.11. The number of Topliss-reactive ketones (excluding diaryl/α,β-unsaturated/α-hetero) is 1. The molecule has 0 bridgehead atoms. The molecule has 176 valence electrons. The molecule has 0 saturated carbocycles. The molecule has 4 aromatic rings. The topological polar surface area (TPSA) is 109 Å². The predicted octanol–water partition coefficient (Wildman–Crippen LogP) is 5.48. The van der Waals surface area contributed by atoms with Gasteiger partial charge in [0.2, 0.25) is 5.78 Å². The van der Waals surface area contributed by atoms with Gasteiger partial charge in [-0.3, -0.25) is 14.9 Å². The minimum absolute atomic E-state index is 0.101. The van der Waals surface area contributed by atoms with Crippen molar-refractivity contribution in [2.24, 2.45) is 0 Å². The Hall–Kier alpha value is -4.59. The number of benzene rings is 3. The molecule has 0 aliphatic heterocycles. The molecule has 3 aromatic carbocycles. The van der Waals surface area contributed by atoms with Crippen LogP contribution in [0.15, 0.2) is 66.7 Å². The first kappa shape index (κ1) is 23.6. The summed E-state index contributed by atoms with van der Waals surface area (Å²) in [5, 5.41) is 11.8. The van der Waals surface area contributed by atoms with E-state index in [1.165, 1.54) is 18.2 Å². The highest BCUT2D eigenvalue weighted by Crippen LogP contribution is 2.28. The van der Waals surface area contributed by atoms with E-state index >= 15 is 0 Å². The van der Waals surface area contributed by atoms with Gasteiger partial charge in [-0.25, -0.2) is 9.78 Å². The average molecular weight is 470 g/mol. The van der Waals surface area contributed by atoms with Crippen molar-refractivity contribution in [3.8, 4) is 17.0 Å². The fourth-order valence-corrected chi connectivity index (χ4v) is 3.69. The molecule has 8 heteroatoms. The largest absolute Gasteiger partial charge is 0.497 e. The number of aryl methyl sites for hydroxylation is 2. The summed E-state index contributed by atoms with van der Waals surface area (Å²) in [4.78, 5) is 41.0. The number of hydrogen-bond acceptors (Lipinski definition) is 7. The van der Waals surface area contributed by atoms with Crippen molar-refractivity contribution in [1.29, 1.82) is 0 Å². The summed E-state index contributed by atoms with van der Waals surface area (Å²) >= 11 is 0. The van der Waals surface area contributed by atoms with Gasteiger partial charge in [-0.15, -0.1) is 0 Å². The summed E-state index contributed by atoms with van der Waals surface area (Å²) in [6, 6.07) is 18.6. The Bertz CT molecular complexity index is 1460. The Kier molecular flexibility index (Phi) is 6.55. The molecule has 0 unspecified atom stereocenters. The zero-order valence-electron chi connectivity index (χ0n) is 19.4. The number of hydrogen-bond donors (Lipinski definition) is 0. The third-order valence-corrected chi connectivity index (χ3v) is 5.63. The van der Waals surface area contributed by atoms with Crippen LogP contribution in [0.25, 0.3) is 22.2 Å². The van der Waals surface area contributed by atoms with Crippen LogP contribution in [-0.4, -0.2) is 35.4 Å². The van der Waals surface area contributed by atoms with Gasteiger partial charge in [0.05, 0.1) is 28.8 Å². The van der Waals surface area contributed by atoms with Gasteiger partial charge in [-0.1, -0.05) is 23.8 Å². The molecule has 0 saturated heterocycles. The second-order valence-electron chi connectivity index (χ2n) is 8.06. The fraction of sp³-hybridized carbons (Fsp3) is 0.148.